The first-order valence-corrected chi connectivity index (χ1v) is 24.2. The van der Waals surface area contributed by atoms with Gasteiger partial charge in [-0.3, -0.25) is 0 Å². The van der Waals surface area contributed by atoms with Crippen molar-refractivity contribution >= 4 is 104 Å². The number of aromatic nitrogens is 1. The van der Waals surface area contributed by atoms with Gasteiger partial charge in [0.25, 0.3) is 0 Å². The van der Waals surface area contributed by atoms with Gasteiger partial charge in [-0.05, 0) is 140 Å². The van der Waals surface area contributed by atoms with Crippen LogP contribution in [0.1, 0.15) is 110 Å². The highest BCUT2D eigenvalue weighted by atomic mass is 32.1. The van der Waals surface area contributed by atoms with E-state index in [9.17, 15) is 0 Å². The maximum Gasteiger partial charge on any atom is 0.333 e. The Morgan fingerprint density at radius 2 is 1.30 bits per heavy atom. The molecule has 3 aromatic heterocycles. The molecule has 0 N–H and O–H groups in total. The monoisotopic (exact) mass is 850 g/mol. The average Bonchev–Trinajstić information content (AvgIpc) is 3.93. The summed E-state index contributed by atoms with van der Waals surface area (Å²) in [6, 6.07) is 42.7. The number of rotatable bonds is 1. The van der Waals surface area contributed by atoms with Gasteiger partial charge < -0.3 is 13.8 Å². The Kier molecular flexibility index (Phi) is 7.44. The Morgan fingerprint density at radius 1 is 0.609 bits per heavy atom. The Hall–Kier alpha value is -5.78. The molecule has 13 rings (SSSR count). The van der Waals surface area contributed by atoms with Crippen molar-refractivity contribution in [2.24, 2.45) is 0 Å². The summed E-state index contributed by atoms with van der Waals surface area (Å²) in [4.78, 5) is 2.80. The lowest BCUT2D eigenvalue weighted by Gasteiger charge is -2.46. The molecule has 0 unspecified atom stereocenters. The zero-order valence-corrected chi connectivity index (χ0v) is 39.9. The van der Waals surface area contributed by atoms with Crippen molar-refractivity contribution in [1.82, 2.24) is 4.57 Å². The summed E-state index contributed by atoms with van der Waals surface area (Å²) in [6.45, 7) is 26.3. The summed E-state index contributed by atoms with van der Waals surface area (Å²) in [5, 5.41) is 7.65. The number of fused-ring (bicyclic) bond motifs is 16. The zero-order valence-electron chi connectivity index (χ0n) is 39.1. The zero-order chi connectivity index (χ0) is 44.1. The molecule has 0 amide bonds. The van der Waals surface area contributed by atoms with E-state index in [2.05, 4.69) is 195 Å². The molecule has 0 bridgehead atoms. The first-order valence-electron chi connectivity index (χ1n) is 23.4. The van der Waals surface area contributed by atoms with Crippen LogP contribution in [0.25, 0.3) is 80.7 Å². The van der Waals surface area contributed by atoms with Gasteiger partial charge in [-0.25, -0.2) is 0 Å². The molecular formula is C59H55BN2OS. The first-order chi connectivity index (χ1) is 30.4. The molecule has 0 spiro atoms. The summed E-state index contributed by atoms with van der Waals surface area (Å²) >= 11 is 1.91. The standard InChI is InChI=1S/C59H55BN2OS/c1-32-26-40-41(59(10,11)25-24-58(40,8)9)31-45(32)62-44-22-23-49-52(36-17-13-15-19-48(36)64-49)50(44)39-30-47-51(35-16-12-14-18-46(35)63-47)55-53(39)60(62)42-29-34(57(5,6)7)28-38-37-27-33(56(2,3)4)20-21-43(37)61(55)54(38)42/h12-23,26-31H,24-25H2,1-11H3. The predicted octanol–water partition coefficient (Wildman–Crippen LogP) is 15.5. The summed E-state index contributed by atoms with van der Waals surface area (Å²) in [5.41, 5.74) is 20.7. The van der Waals surface area contributed by atoms with Crippen LogP contribution in [0, 0.1) is 6.92 Å². The third kappa shape index (κ3) is 5.00. The van der Waals surface area contributed by atoms with Gasteiger partial charge in [0.15, 0.2) is 0 Å². The van der Waals surface area contributed by atoms with E-state index in [0.29, 0.717) is 0 Å². The van der Waals surface area contributed by atoms with Crippen LogP contribution in [-0.2, 0) is 21.7 Å². The highest BCUT2D eigenvalue weighted by Crippen LogP contribution is 2.55. The molecule has 0 fully saturated rings. The SMILES string of the molecule is Cc1cc2c(cc1N1B3c4c(cc5oc6ccccc6c5c4-n4c5ccc(C(C)(C)C)cc5c5cc(C(C)(C)C)cc3c54)-c3c1ccc1sc4ccccc4c31)C(C)(C)CCC2(C)C. The quantitative estimate of drug-likeness (QED) is 0.153. The third-order valence-electron chi connectivity index (χ3n) is 15.8. The van der Waals surface area contributed by atoms with Crippen molar-refractivity contribution in [2.45, 2.75) is 111 Å². The van der Waals surface area contributed by atoms with Crippen LogP contribution in [0.15, 0.2) is 114 Å². The molecule has 5 heteroatoms. The Morgan fingerprint density at radius 3 is 2.05 bits per heavy atom. The second-order valence-corrected chi connectivity index (χ2v) is 23.9. The van der Waals surface area contributed by atoms with Crippen molar-refractivity contribution < 1.29 is 4.42 Å². The van der Waals surface area contributed by atoms with Crippen molar-refractivity contribution in [1.29, 1.82) is 0 Å². The van der Waals surface area contributed by atoms with E-state index in [-0.39, 0.29) is 28.5 Å². The minimum atomic E-state index is -0.113. The fraction of sp³-hybridized carbons (Fsp3) is 0.288. The molecule has 0 saturated heterocycles. The number of para-hydroxylation sites is 1. The summed E-state index contributed by atoms with van der Waals surface area (Å²) in [5.74, 6) is 0. The molecule has 1 aliphatic carbocycles. The Bertz CT molecular complexity index is 3730. The van der Waals surface area contributed by atoms with E-state index >= 15 is 0 Å². The maximum absolute atomic E-state index is 7.03. The van der Waals surface area contributed by atoms with E-state index in [1.165, 1.54) is 127 Å². The molecular weight excluding hydrogens is 796 g/mol. The molecule has 0 atom stereocenters. The number of thiophene rings is 1. The summed E-state index contributed by atoms with van der Waals surface area (Å²) < 4.78 is 12.3. The van der Waals surface area contributed by atoms with E-state index < -0.39 is 0 Å². The Balaban J connectivity index is 1.29. The van der Waals surface area contributed by atoms with Crippen LogP contribution in [0.5, 0.6) is 0 Å². The number of anilines is 2. The lowest BCUT2D eigenvalue weighted by atomic mass is 9.43. The highest BCUT2D eigenvalue weighted by molar-refractivity contribution is 7.26. The van der Waals surface area contributed by atoms with Crippen molar-refractivity contribution in [3.8, 4) is 16.8 Å². The molecule has 7 aromatic carbocycles. The van der Waals surface area contributed by atoms with Crippen molar-refractivity contribution in [2.75, 3.05) is 4.81 Å². The largest absolute Gasteiger partial charge is 0.456 e. The van der Waals surface area contributed by atoms with E-state index in [1.54, 1.807) is 0 Å². The number of furan rings is 1. The topological polar surface area (TPSA) is 21.3 Å². The fourth-order valence-electron chi connectivity index (χ4n) is 12.2. The predicted molar refractivity (Wildman–Crippen MR) is 277 cm³/mol. The van der Waals surface area contributed by atoms with Gasteiger partial charge in [0.2, 0.25) is 0 Å². The third-order valence-corrected chi connectivity index (χ3v) is 17.0. The minimum absolute atomic E-state index is 0.00272. The summed E-state index contributed by atoms with van der Waals surface area (Å²) in [7, 11) is 0. The minimum Gasteiger partial charge on any atom is -0.456 e. The second-order valence-electron chi connectivity index (χ2n) is 22.8. The molecule has 64 heavy (non-hydrogen) atoms. The van der Waals surface area contributed by atoms with E-state index in [4.69, 9.17) is 4.42 Å². The van der Waals surface area contributed by atoms with Crippen LogP contribution >= 0.6 is 11.3 Å². The van der Waals surface area contributed by atoms with E-state index in [1.807, 2.05) is 11.3 Å². The van der Waals surface area contributed by atoms with Gasteiger partial charge in [-0.1, -0.05) is 124 Å². The number of hydrogen-bond acceptors (Lipinski definition) is 3. The average molecular weight is 851 g/mol. The maximum atomic E-state index is 7.03. The van der Waals surface area contributed by atoms with Crippen molar-refractivity contribution in [3.05, 3.63) is 137 Å². The number of benzene rings is 7. The molecule has 2 aliphatic heterocycles. The molecule has 10 aromatic rings. The van der Waals surface area contributed by atoms with Gasteiger partial charge in [-0.2, -0.15) is 0 Å². The molecule has 316 valence electrons. The number of nitrogens with zero attached hydrogens (tertiary/aromatic N) is 2. The van der Waals surface area contributed by atoms with Crippen LogP contribution in [0.2, 0.25) is 0 Å². The first kappa shape index (κ1) is 38.7. The normalized spacial score (nSPS) is 16.4. The lowest BCUT2D eigenvalue weighted by Crippen LogP contribution is -2.61. The lowest BCUT2D eigenvalue weighted by molar-refractivity contribution is 0.332. The highest BCUT2D eigenvalue weighted by Gasteiger charge is 2.48. The van der Waals surface area contributed by atoms with Crippen molar-refractivity contribution in [3.63, 3.8) is 0 Å². The van der Waals surface area contributed by atoms with Gasteiger partial charge in [0.05, 0.1) is 22.1 Å². The molecule has 3 nitrogen and oxygen atoms in total. The second kappa shape index (κ2) is 12.3. The van der Waals surface area contributed by atoms with Crippen LogP contribution in [0.4, 0.5) is 11.4 Å². The van der Waals surface area contributed by atoms with Gasteiger partial charge in [-0.15, -0.1) is 11.3 Å². The number of hydrogen-bond donors (Lipinski definition) is 0. The summed E-state index contributed by atoms with van der Waals surface area (Å²) in [6.07, 6.45) is 2.36. The Labute approximate surface area is 380 Å². The molecule has 3 aliphatic rings. The molecule has 0 radical (unpaired) electrons. The molecule has 0 saturated carbocycles. The van der Waals surface area contributed by atoms with Gasteiger partial charge in [0.1, 0.15) is 11.2 Å². The van der Waals surface area contributed by atoms with E-state index in [0.717, 1.165) is 16.6 Å². The van der Waals surface area contributed by atoms with Crippen LogP contribution < -0.4 is 15.7 Å². The van der Waals surface area contributed by atoms with Gasteiger partial charge in [0, 0.05) is 53.3 Å². The fourth-order valence-corrected chi connectivity index (χ4v) is 13.3. The number of aryl methyl sites for hydroxylation is 1. The molecule has 5 heterocycles. The van der Waals surface area contributed by atoms with Gasteiger partial charge >= 0.3 is 6.85 Å². The smallest absolute Gasteiger partial charge is 0.333 e. The van der Waals surface area contributed by atoms with Crippen LogP contribution in [-0.4, -0.2) is 11.4 Å². The van der Waals surface area contributed by atoms with Crippen LogP contribution in [0.3, 0.4) is 0 Å².